The Bertz CT molecular complexity index is 634. The molecule has 4 heteroatoms. The van der Waals surface area contributed by atoms with Crippen molar-refractivity contribution < 1.29 is 9.53 Å². The van der Waals surface area contributed by atoms with Crippen LogP contribution >= 0.6 is 0 Å². The third-order valence-electron chi connectivity index (χ3n) is 4.33. The number of rotatable bonds is 6. The summed E-state index contributed by atoms with van der Waals surface area (Å²) in [6.07, 6.45) is 3.53. The smallest absolute Gasteiger partial charge is 0.251 e. The number of amides is 1. The van der Waals surface area contributed by atoms with Crippen molar-refractivity contribution in [2.24, 2.45) is 5.92 Å². The molecule has 3 rings (SSSR count). The van der Waals surface area contributed by atoms with Gasteiger partial charge in [0.15, 0.2) is 0 Å². The minimum atomic E-state index is -0.0231. The van der Waals surface area contributed by atoms with Gasteiger partial charge in [0.05, 0.1) is 0 Å². The molecule has 0 aliphatic carbocycles. The molecule has 0 aromatic heterocycles. The van der Waals surface area contributed by atoms with Gasteiger partial charge in [0.2, 0.25) is 0 Å². The van der Waals surface area contributed by atoms with E-state index in [1.54, 1.807) is 12.1 Å². The summed E-state index contributed by atoms with van der Waals surface area (Å²) in [6, 6.07) is 16.9. The lowest BCUT2D eigenvalue weighted by Gasteiger charge is -2.22. The van der Waals surface area contributed by atoms with Crippen LogP contribution in [0.25, 0.3) is 0 Å². The highest BCUT2D eigenvalue weighted by Gasteiger charge is 2.13. The summed E-state index contributed by atoms with van der Waals surface area (Å²) in [4.78, 5) is 12.2. The fourth-order valence-electron chi connectivity index (χ4n) is 2.96. The molecule has 126 valence electrons. The SMILES string of the molecule is O=C(NCCC1CCCNC1)c1ccc(Oc2ccccc2)cc1. The Balaban J connectivity index is 1.46. The van der Waals surface area contributed by atoms with Gasteiger partial charge in [-0.1, -0.05) is 18.2 Å². The number of hydrogen-bond donors (Lipinski definition) is 2. The predicted octanol–water partition coefficient (Wildman–Crippen LogP) is 3.60. The highest BCUT2D eigenvalue weighted by molar-refractivity contribution is 5.94. The Morgan fingerprint density at radius 2 is 1.83 bits per heavy atom. The molecule has 4 nitrogen and oxygen atoms in total. The maximum absolute atomic E-state index is 12.2. The Hall–Kier alpha value is -2.33. The van der Waals surface area contributed by atoms with Crippen molar-refractivity contribution in [2.45, 2.75) is 19.3 Å². The van der Waals surface area contributed by atoms with Gasteiger partial charge in [-0.25, -0.2) is 0 Å². The van der Waals surface area contributed by atoms with Gasteiger partial charge in [0, 0.05) is 12.1 Å². The fraction of sp³-hybridized carbons (Fsp3) is 0.350. The monoisotopic (exact) mass is 324 g/mol. The average Bonchev–Trinajstić information content (AvgIpc) is 2.64. The lowest BCUT2D eigenvalue weighted by atomic mass is 9.96. The number of piperidine rings is 1. The lowest BCUT2D eigenvalue weighted by Crippen LogP contribution is -2.33. The minimum Gasteiger partial charge on any atom is -0.457 e. The summed E-state index contributed by atoms with van der Waals surface area (Å²) in [5, 5.41) is 6.41. The van der Waals surface area contributed by atoms with Crippen molar-refractivity contribution in [2.75, 3.05) is 19.6 Å². The molecule has 24 heavy (non-hydrogen) atoms. The minimum absolute atomic E-state index is 0.0231. The predicted molar refractivity (Wildman–Crippen MR) is 95.5 cm³/mol. The third kappa shape index (κ3) is 4.83. The highest BCUT2D eigenvalue weighted by atomic mass is 16.5. The van der Waals surface area contributed by atoms with E-state index in [0.29, 0.717) is 11.5 Å². The van der Waals surface area contributed by atoms with Crippen molar-refractivity contribution in [3.05, 3.63) is 60.2 Å². The molecule has 1 amide bonds. The number of hydrogen-bond acceptors (Lipinski definition) is 3. The molecule has 0 saturated carbocycles. The van der Waals surface area contributed by atoms with Crippen molar-refractivity contribution in [3.63, 3.8) is 0 Å². The van der Waals surface area contributed by atoms with Crippen molar-refractivity contribution >= 4 is 5.91 Å². The second kappa shape index (κ2) is 8.50. The van der Waals surface area contributed by atoms with E-state index in [0.717, 1.165) is 37.6 Å². The molecule has 0 radical (unpaired) electrons. The fourth-order valence-corrected chi connectivity index (χ4v) is 2.96. The van der Waals surface area contributed by atoms with Crippen LogP contribution in [0.2, 0.25) is 0 Å². The lowest BCUT2D eigenvalue weighted by molar-refractivity contribution is 0.0950. The maximum Gasteiger partial charge on any atom is 0.251 e. The summed E-state index contributed by atoms with van der Waals surface area (Å²) >= 11 is 0. The summed E-state index contributed by atoms with van der Waals surface area (Å²) < 4.78 is 5.73. The molecule has 1 aliphatic rings. The van der Waals surface area contributed by atoms with E-state index in [1.807, 2.05) is 42.5 Å². The molecule has 2 N–H and O–H groups in total. The number of benzene rings is 2. The summed E-state index contributed by atoms with van der Waals surface area (Å²) in [5.74, 6) is 2.17. The van der Waals surface area contributed by atoms with Gasteiger partial charge in [-0.15, -0.1) is 0 Å². The standard InChI is InChI=1S/C20H24N2O2/c23-20(22-14-12-16-5-4-13-21-15-16)17-8-10-19(11-9-17)24-18-6-2-1-3-7-18/h1-3,6-11,16,21H,4-5,12-15H2,(H,22,23). The molecule has 2 aromatic carbocycles. The van der Waals surface area contributed by atoms with Gasteiger partial charge in [-0.05, 0) is 74.7 Å². The average molecular weight is 324 g/mol. The van der Waals surface area contributed by atoms with Crippen molar-refractivity contribution in [1.29, 1.82) is 0 Å². The summed E-state index contributed by atoms with van der Waals surface area (Å²) in [5.41, 5.74) is 0.664. The first kappa shape index (κ1) is 16.5. The van der Waals surface area contributed by atoms with Gasteiger partial charge in [-0.3, -0.25) is 4.79 Å². The third-order valence-corrected chi connectivity index (χ3v) is 4.33. The number of carbonyl (C=O) groups is 1. The number of para-hydroxylation sites is 1. The van der Waals surface area contributed by atoms with E-state index < -0.39 is 0 Å². The molecule has 1 fully saturated rings. The second-order valence-electron chi connectivity index (χ2n) is 6.20. The van der Waals surface area contributed by atoms with Crippen LogP contribution in [0.4, 0.5) is 0 Å². The van der Waals surface area contributed by atoms with Gasteiger partial charge in [0.1, 0.15) is 11.5 Å². The van der Waals surface area contributed by atoms with Crippen LogP contribution in [-0.4, -0.2) is 25.5 Å². The first-order valence-electron chi connectivity index (χ1n) is 8.63. The summed E-state index contributed by atoms with van der Waals surface area (Å²) in [6.45, 7) is 2.93. The molecule has 1 heterocycles. The van der Waals surface area contributed by atoms with E-state index in [2.05, 4.69) is 10.6 Å². The second-order valence-corrected chi connectivity index (χ2v) is 6.20. The molecule has 1 atom stereocenters. The van der Waals surface area contributed by atoms with Crippen LogP contribution in [0.3, 0.4) is 0 Å². The molecule has 0 spiro atoms. The first-order valence-corrected chi connectivity index (χ1v) is 8.63. The zero-order valence-corrected chi connectivity index (χ0v) is 13.8. The molecule has 2 aromatic rings. The van der Waals surface area contributed by atoms with Gasteiger partial charge < -0.3 is 15.4 Å². The van der Waals surface area contributed by atoms with E-state index in [1.165, 1.54) is 12.8 Å². The highest BCUT2D eigenvalue weighted by Crippen LogP contribution is 2.21. The molecule has 1 unspecified atom stereocenters. The zero-order chi connectivity index (χ0) is 16.6. The molecule has 1 saturated heterocycles. The first-order chi connectivity index (χ1) is 11.8. The Morgan fingerprint density at radius 3 is 2.54 bits per heavy atom. The van der Waals surface area contributed by atoms with E-state index >= 15 is 0 Å². The molecule has 0 bridgehead atoms. The van der Waals surface area contributed by atoms with Crippen molar-refractivity contribution in [1.82, 2.24) is 10.6 Å². The normalized spacial score (nSPS) is 17.2. The quantitative estimate of drug-likeness (QED) is 0.853. The van der Waals surface area contributed by atoms with Gasteiger partial charge in [-0.2, -0.15) is 0 Å². The maximum atomic E-state index is 12.2. The Labute approximate surface area is 143 Å². The van der Waals surface area contributed by atoms with Gasteiger partial charge >= 0.3 is 0 Å². The van der Waals surface area contributed by atoms with E-state index in [-0.39, 0.29) is 5.91 Å². The van der Waals surface area contributed by atoms with Crippen LogP contribution < -0.4 is 15.4 Å². The largest absolute Gasteiger partial charge is 0.457 e. The van der Waals surface area contributed by atoms with E-state index in [4.69, 9.17) is 4.74 Å². The van der Waals surface area contributed by atoms with Crippen LogP contribution in [-0.2, 0) is 0 Å². The number of carbonyl (C=O) groups excluding carboxylic acids is 1. The summed E-state index contributed by atoms with van der Waals surface area (Å²) in [7, 11) is 0. The van der Waals surface area contributed by atoms with Crippen molar-refractivity contribution in [3.8, 4) is 11.5 Å². The zero-order valence-electron chi connectivity index (χ0n) is 13.8. The Morgan fingerprint density at radius 1 is 1.08 bits per heavy atom. The topological polar surface area (TPSA) is 50.4 Å². The molecular weight excluding hydrogens is 300 g/mol. The van der Waals surface area contributed by atoms with Gasteiger partial charge in [0.25, 0.3) is 5.91 Å². The Kier molecular flexibility index (Phi) is 5.85. The van der Waals surface area contributed by atoms with Crippen LogP contribution in [0, 0.1) is 5.92 Å². The van der Waals surface area contributed by atoms with Crippen LogP contribution in [0.5, 0.6) is 11.5 Å². The number of nitrogens with one attached hydrogen (secondary N) is 2. The van der Waals surface area contributed by atoms with Crippen LogP contribution in [0.15, 0.2) is 54.6 Å². The van der Waals surface area contributed by atoms with E-state index in [9.17, 15) is 4.79 Å². The molecule has 1 aliphatic heterocycles. The van der Waals surface area contributed by atoms with Crippen LogP contribution in [0.1, 0.15) is 29.6 Å². The molecular formula is C20H24N2O2. The number of ether oxygens (including phenoxy) is 1.